The Morgan fingerprint density at radius 3 is 1.80 bits per heavy atom. The van der Waals surface area contributed by atoms with E-state index in [9.17, 15) is 4.79 Å². The van der Waals surface area contributed by atoms with Crippen LogP contribution in [0, 0.1) is 0 Å². The molecule has 41 heavy (non-hydrogen) atoms. The monoisotopic (exact) mass is 566 g/mol. The molecule has 0 aliphatic heterocycles. The molecule has 1 aromatic heterocycles. The Hall–Kier alpha value is -4.67. The van der Waals surface area contributed by atoms with Gasteiger partial charge in [-0.1, -0.05) is 0 Å². The molecule has 2 aromatic carbocycles. The summed E-state index contributed by atoms with van der Waals surface area (Å²) in [5.74, 6) is 2.88. The molecule has 0 aliphatic rings. The number of ether oxygens (including phenoxy) is 6. The number of anilines is 1. The van der Waals surface area contributed by atoms with E-state index in [0.29, 0.717) is 53.3 Å². The molecule has 11 heteroatoms. The molecule has 0 N–H and O–H groups in total. The first-order valence-electron chi connectivity index (χ1n) is 12.9. The Labute approximate surface area is 241 Å². The van der Waals surface area contributed by atoms with Crippen LogP contribution in [0.4, 0.5) is 5.82 Å². The third-order valence-electron chi connectivity index (χ3n) is 6.14. The molecular weight excluding hydrogens is 528 g/mol. The Kier molecular flexibility index (Phi) is 11.0. The molecule has 0 amide bonds. The quantitative estimate of drug-likeness (QED) is 0.207. The lowest BCUT2D eigenvalue weighted by molar-refractivity contribution is -0.136. The Morgan fingerprint density at radius 1 is 0.805 bits per heavy atom. The van der Waals surface area contributed by atoms with Crippen molar-refractivity contribution in [1.82, 2.24) is 14.9 Å². The lowest BCUT2D eigenvalue weighted by Crippen LogP contribution is -2.25. The molecule has 0 saturated carbocycles. The summed E-state index contributed by atoms with van der Waals surface area (Å²) < 4.78 is 33.3. The van der Waals surface area contributed by atoms with E-state index >= 15 is 0 Å². The van der Waals surface area contributed by atoms with Crippen LogP contribution in [-0.2, 0) is 22.6 Å². The fourth-order valence-corrected chi connectivity index (χ4v) is 4.23. The van der Waals surface area contributed by atoms with Crippen molar-refractivity contribution in [3.63, 3.8) is 0 Å². The number of aromatic nitrogens is 2. The van der Waals surface area contributed by atoms with Crippen molar-refractivity contribution < 1.29 is 33.2 Å². The van der Waals surface area contributed by atoms with Gasteiger partial charge in [-0.25, -0.2) is 14.8 Å². The zero-order valence-corrected chi connectivity index (χ0v) is 24.9. The van der Waals surface area contributed by atoms with Crippen LogP contribution >= 0.6 is 0 Å². The molecule has 0 bridgehead atoms. The van der Waals surface area contributed by atoms with Gasteiger partial charge in [0, 0.05) is 56.6 Å². The van der Waals surface area contributed by atoms with Gasteiger partial charge in [0.1, 0.15) is 40.6 Å². The maximum absolute atomic E-state index is 13.0. The highest BCUT2D eigenvalue weighted by Crippen LogP contribution is 2.37. The zero-order chi connectivity index (χ0) is 29.9. The van der Waals surface area contributed by atoms with Gasteiger partial charge in [0.05, 0.1) is 42.2 Å². The number of nitrogens with zero attached hydrogens (tertiary/aromatic N) is 4. The van der Waals surface area contributed by atoms with Crippen LogP contribution in [-0.4, -0.2) is 77.1 Å². The number of carbonyl (C=O) groups is 1. The molecular formula is C30H38N4O7. The molecule has 3 rings (SSSR count). The van der Waals surface area contributed by atoms with Crippen LogP contribution in [0.15, 0.2) is 48.9 Å². The summed E-state index contributed by atoms with van der Waals surface area (Å²) in [4.78, 5) is 25.8. The second-order valence-corrected chi connectivity index (χ2v) is 9.02. The highest BCUT2D eigenvalue weighted by atomic mass is 16.5. The lowest BCUT2D eigenvalue weighted by atomic mass is 10.1. The predicted molar refractivity (Wildman–Crippen MR) is 156 cm³/mol. The SMILES string of the molecule is CCOC(=O)/C(=C\N(C)C)c1ncnc(N(Cc2ccc(OC)cc2OC)Cc2ccc(OC)cc2OC)c1OC. The van der Waals surface area contributed by atoms with Crippen molar-refractivity contribution in [3.8, 4) is 28.7 Å². The van der Waals surface area contributed by atoms with Crippen LogP contribution < -0.4 is 28.6 Å². The smallest absolute Gasteiger partial charge is 0.341 e. The van der Waals surface area contributed by atoms with Gasteiger partial charge in [-0.05, 0) is 31.2 Å². The zero-order valence-electron chi connectivity index (χ0n) is 24.9. The maximum atomic E-state index is 13.0. The molecule has 0 aliphatic carbocycles. The topological polar surface area (TPSA) is 105 Å². The summed E-state index contributed by atoms with van der Waals surface area (Å²) in [6, 6.07) is 11.2. The number of rotatable bonds is 14. The van der Waals surface area contributed by atoms with Gasteiger partial charge in [0.2, 0.25) is 0 Å². The van der Waals surface area contributed by atoms with Gasteiger partial charge in [0.15, 0.2) is 11.6 Å². The van der Waals surface area contributed by atoms with Gasteiger partial charge in [0.25, 0.3) is 0 Å². The summed E-state index contributed by atoms with van der Waals surface area (Å²) in [5, 5.41) is 0. The number of carbonyl (C=O) groups excluding carboxylic acids is 1. The van der Waals surface area contributed by atoms with E-state index in [2.05, 4.69) is 9.97 Å². The highest BCUT2D eigenvalue weighted by Gasteiger charge is 2.26. The highest BCUT2D eigenvalue weighted by molar-refractivity contribution is 6.16. The number of esters is 1. The number of hydrogen-bond donors (Lipinski definition) is 0. The van der Waals surface area contributed by atoms with Crippen LogP contribution in [0.2, 0.25) is 0 Å². The fourth-order valence-electron chi connectivity index (χ4n) is 4.23. The first kappa shape index (κ1) is 30.9. The Bertz CT molecular complexity index is 1300. The number of hydrogen-bond acceptors (Lipinski definition) is 11. The minimum absolute atomic E-state index is 0.213. The van der Waals surface area contributed by atoms with Crippen LogP contribution in [0.25, 0.3) is 5.57 Å². The third-order valence-corrected chi connectivity index (χ3v) is 6.14. The molecule has 0 spiro atoms. The molecule has 0 fully saturated rings. The van der Waals surface area contributed by atoms with Gasteiger partial charge in [-0.3, -0.25) is 0 Å². The molecule has 0 radical (unpaired) electrons. The van der Waals surface area contributed by atoms with Crippen molar-refractivity contribution >= 4 is 17.4 Å². The second kappa shape index (κ2) is 14.6. The van der Waals surface area contributed by atoms with Crippen molar-refractivity contribution in [1.29, 1.82) is 0 Å². The van der Waals surface area contributed by atoms with Gasteiger partial charge in [-0.15, -0.1) is 0 Å². The Morgan fingerprint density at radius 2 is 1.37 bits per heavy atom. The van der Waals surface area contributed by atoms with Crippen molar-refractivity contribution in [2.24, 2.45) is 0 Å². The average Bonchev–Trinajstić information content (AvgIpc) is 2.99. The summed E-state index contributed by atoms with van der Waals surface area (Å²) in [5.41, 5.74) is 2.29. The summed E-state index contributed by atoms with van der Waals surface area (Å²) in [6.45, 7) is 2.69. The largest absolute Gasteiger partial charge is 0.497 e. The maximum Gasteiger partial charge on any atom is 0.341 e. The first-order valence-corrected chi connectivity index (χ1v) is 12.9. The molecule has 3 aromatic rings. The van der Waals surface area contributed by atoms with Crippen LogP contribution in [0.5, 0.6) is 28.7 Å². The molecule has 0 saturated heterocycles. The molecule has 1 heterocycles. The molecule has 11 nitrogen and oxygen atoms in total. The fraction of sp³-hybridized carbons (Fsp3) is 0.367. The van der Waals surface area contributed by atoms with Gasteiger partial charge < -0.3 is 38.2 Å². The van der Waals surface area contributed by atoms with E-state index in [-0.39, 0.29) is 12.2 Å². The van der Waals surface area contributed by atoms with E-state index in [1.54, 1.807) is 46.5 Å². The van der Waals surface area contributed by atoms with E-state index in [0.717, 1.165) is 11.1 Å². The molecule has 0 unspecified atom stereocenters. The van der Waals surface area contributed by atoms with Gasteiger partial charge in [-0.2, -0.15) is 0 Å². The first-order chi connectivity index (χ1) is 19.8. The van der Waals surface area contributed by atoms with E-state index in [4.69, 9.17) is 28.4 Å². The lowest BCUT2D eigenvalue weighted by Gasteiger charge is -2.28. The Balaban J connectivity index is 2.21. The van der Waals surface area contributed by atoms with Crippen molar-refractivity contribution in [2.45, 2.75) is 20.0 Å². The molecule has 0 atom stereocenters. The second-order valence-electron chi connectivity index (χ2n) is 9.02. The average molecular weight is 567 g/mol. The minimum Gasteiger partial charge on any atom is -0.497 e. The van der Waals surface area contributed by atoms with E-state index in [1.807, 2.05) is 55.4 Å². The number of methoxy groups -OCH3 is 5. The summed E-state index contributed by atoms with van der Waals surface area (Å²) in [7, 11) is 11.6. The third kappa shape index (κ3) is 7.50. The van der Waals surface area contributed by atoms with Gasteiger partial charge >= 0.3 is 5.97 Å². The van der Waals surface area contributed by atoms with Crippen molar-refractivity contribution in [2.75, 3.05) is 61.2 Å². The normalized spacial score (nSPS) is 11.0. The van der Waals surface area contributed by atoms with Crippen molar-refractivity contribution in [3.05, 3.63) is 65.7 Å². The standard InChI is InChI=1S/C30H38N4O7/c1-9-41-30(35)24(18-33(2)3)27-28(40-8)29(32-19-31-27)34(16-20-10-12-22(36-4)14-25(20)38-6)17-21-11-13-23(37-5)15-26(21)39-7/h10-15,18-19H,9,16-17H2,1-8H3/b24-18-. The summed E-state index contributed by atoms with van der Waals surface area (Å²) >= 11 is 0. The number of benzene rings is 2. The van der Waals surface area contributed by atoms with Crippen LogP contribution in [0.3, 0.4) is 0 Å². The van der Waals surface area contributed by atoms with E-state index < -0.39 is 5.97 Å². The van der Waals surface area contributed by atoms with E-state index in [1.165, 1.54) is 13.4 Å². The van der Waals surface area contributed by atoms with Crippen LogP contribution in [0.1, 0.15) is 23.7 Å². The summed E-state index contributed by atoms with van der Waals surface area (Å²) in [6.07, 6.45) is 3.05. The minimum atomic E-state index is -0.524. The molecule has 220 valence electrons. The predicted octanol–water partition coefficient (Wildman–Crippen LogP) is 4.19.